The zero-order chi connectivity index (χ0) is 28.1. The second-order valence-corrected chi connectivity index (χ2v) is 10.3. The molecule has 2 aromatic carbocycles. The van der Waals surface area contributed by atoms with Gasteiger partial charge in [-0.25, -0.2) is 14.0 Å². The Morgan fingerprint density at radius 2 is 1.97 bits per heavy atom. The number of nitrogens with one attached hydrogen (secondary N) is 2. The van der Waals surface area contributed by atoms with Crippen LogP contribution in [-0.4, -0.2) is 32.3 Å². The number of halogens is 2. The Bertz CT molecular complexity index is 1830. The zero-order valence-corrected chi connectivity index (χ0v) is 21.9. The molecule has 5 rings (SSSR count). The van der Waals surface area contributed by atoms with E-state index in [0.717, 1.165) is 0 Å². The second-order valence-electron chi connectivity index (χ2n) is 9.88. The summed E-state index contributed by atoms with van der Waals surface area (Å²) < 4.78 is 27.3. The number of pyridine rings is 1. The number of hydrogen-bond donors (Lipinski definition) is 3. The Morgan fingerprint density at radius 1 is 1.21 bits per heavy atom. The fraction of sp³-hybridized carbons (Fsp3) is 0.179. The molecule has 200 valence electrons. The molecular weight excluding hydrogens is 529 g/mol. The molecule has 5 aromatic rings. The number of anilines is 1. The third-order valence-electron chi connectivity index (χ3n) is 6.03. The highest BCUT2D eigenvalue weighted by molar-refractivity contribution is 6.31. The van der Waals surface area contributed by atoms with Crippen molar-refractivity contribution in [1.29, 1.82) is 0 Å². The lowest BCUT2D eigenvalue weighted by Gasteiger charge is -2.20. The van der Waals surface area contributed by atoms with Crippen molar-refractivity contribution >= 4 is 51.2 Å². The number of amides is 1. The van der Waals surface area contributed by atoms with Crippen LogP contribution in [0.25, 0.3) is 33.0 Å². The molecule has 0 bridgehead atoms. The molecule has 0 aliphatic heterocycles. The van der Waals surface area contributed by atoms with E-state index in [-0.39, 0.29) is 50.3 Å². The fourth-order valence-corrected chi connectivity index (χ4v) is 4.76. The second kappa shape index (κ2) is 9.63. The third-order valence-corrected chi connectivity index (χ3v) is 6.39. The summed E-state index contributed by atoms with van der Waals surface area (Å²) in [4.78, 5) is 40.2. The third kappa shape index (κ3) is 4.86. The summed E-state index contributed by atoms with van der Waals surface area (Å²) in [6.07, 6.45) is 2.07. The number of carboxylic acid groups (broad SMARTS) is 1. The van der Waals surface area contributed by atoms with Gasteiger partial charge in [-0.2, -0.15) is 0 Å². The number of H-pyrrole nitrogens is 1. The molecule has 3 heterocycles. The van der Waals surface area contributed by atoms with Gasteiger partial charge in [0.2, 0.25) is 0 Å². The Balaban J connectivity index is 1.68. The number of carbonyl (C=O) groups is 2. The maximum absolute atomic E-state index is 15.1. The number of hydrogen-bond acceptors (Lipinski definition) is 5. The maximum Gasteiger partial charge on any atom is 0.412 e. The first kappa shape index (κ1) is 26.1. The molecule has 0 radical (unpaired) electrons. The van der Waals surface area contributed by atoms with Gasteiger partial charge in [-0.1, -0.05) is 17.7 Å². The number of carboxylic acids is 1. The topological polar surface area (TPSA) is 127 Å². The van der Waals surface area contributed by atoms with Crippen molar-refractivity contribution in [2.45, 2.75) is 32.9 Å². The molecule has 0 aliphatic rings. The number of aromatic carboxylic acids is 1. The van der Waals surface area contributed by atoms with Crippen molar-refractivity contribution in [1.82, 2.24) is 9.55 Å². The number of fused-ring (bicyclic) bond motifs is 3. The van der Waals surface area contributed by atoms with E-state index in [1.807, 2.05) is 0 Å². The number of nitrogens with zero attached hydrogens (tertiary/aromatic N) is 1. The predicted molar refractivity (Wildman–Crippen MR) is 145 cm³/mol. The average molecular weight is 552 g/mol. The molecule has 0 saturated carbocycles. The molecule has 0 unspecified atom stereocenters. The summed E-state index contributed by atoms with van der Waals surface area (Å²) in [5.74, 6) is -1.94. The van der Waals surface area contributed by atoms with Crippen LogP contribution in [0.3, 0.4) is 0 Å². The van der Waals surface area contributed by atoms with E-state index in [2.05, 4.69) is 10.3 Å². The van der Waals surface area contributed by atoms with Crippen LogP contribution in [-0.2, 0) is 11.3 Å². The van der Waals surface area contributed by atoms with Gasteiger partial charge in [0, 0.05) is 29.0 Å². The van der Waals surface area contributed by atoms with E-state index in [9.17, 15) is 19.5 Å². The summed E-state index contributed by atoms with van der Waals surface area (Å²) in [7, 11) is 0. The average Bonchev–Trinajstić information content (AvgIpc) is 3.44. The molecule has 11 heteroatoms. The van der Waals surface area contributed by atoms with Crippen molar-refractivity contribution in [2.24, 2.45) is 0 Å². The molecular formula is C28H23ClFN3O6. The summed E-state index contributed by atoms with van der Waals surface area (Å²) in [5, 5.41) is 13.6. The van der Waals surface area contributed by atoms with Gasteiger partial charge >= 0.3 is 12.1 Å². The van der Waals surface area contributed by atoms with E-state index < -0.39 is 29.0 Å². The highest BCUT2D eigenvalue weighted by atomic mass is 35.5. The lowest BCUT2D eigenvalue weighted by molar-refractivity contribution is 0.0633. The SMILES string of the molecule is CC(C)(C)OC(=O)Nc1ccc(Cn2c(C(=O)O)c(-c3ccc[nH]c3=O)c3c4occc4c(F)cc32)c(Cl)c1. The highest BCUT2D eigenvalue weighted by Gasteiger charge is 2.29. The van der Waals surface area contributed by atoms with Crippen LogP contribution in [0.2, 0.25) is 5.02 Å². The van der Waals surface area contributed by atoms with Crippen molar-refractivity contribution in [3.63, 3.8) is 0 Å². The van der Waals surface area contributed by atoms with E-state index in [0.29, 0.717) is 11.3 Å². The quantitative estimate of drug-likeness (QED) is 0.225. The smallest absolute Gasteiger partial charge is 0.412 e. The van der Waals surface area contributed by atoms with Crippen LogP contribution in [0.5, 0.6) is 0 Å². The van der Waals surface area contributed by atoms with Crippen molar-refractivity contribution in [3.8, 4) is 11.1 Å². The lowest BCUT2D eigenvalue weighted by Crippen LogP contribution is -2.27. The van der Waals surface area contributed by atoms with Crippen LogP contribution >= 0.6 is 11.6 Å². The minimum Gasteiger partial charge on any atom is -0.477 e. The van der Waals surface area contributed by atoms with Gasteiger partial charge in [0.05, 0.1) is 28.1 Å². The summed E-state index contributed by atoms with van der Waals surface area (Å²) >= 11 is 6.54. The van der Waals surface area contributed by atoms with E-state index >= 15 is 4.39 Å². The Labute approximate surface area is 225 Å². The summed E-state index contributed by atoms with van der Waals surface area (Å²) in [6.45, 7) is 5.13. The van der Waals surface area contributed by atoms with Crippen LogP contribution in [0.1, 0.15) is 36.8 Å². The van der Waals surface area contributed by atoms with E-state index in [1.165, 1.54) is 41.3 Å². The Kier molecular flexibility index (Phi) is 6.43. The van der Waals surface area contributed by atoms with Gasteiger partial charge in [0.1, 0.15) is 22.7 Å². The highest BCUT2D eigenvalue weighted by Crippen LogP contribution is 2.40. The van der Waals surface area contributed by atoms with Gasteiger partial charge in [0.15, 0.2) is 0 Å². The van der Waals surface area contributed by atoms with Gasteiger partial charge in [-0.3, -0.25) is 10.1 Å². The van der Waals surface area contributed by atoms with E-state index in [4.69, 9.17) is 20.8 Å². The number of aromatic amines is 1. The van der Waals surface area contributed by atoms with Gasteiger partial charge < -0.3 is 23.8 Å². The maximum atomic E-state index is 15.1. The lowest BCUT2D eigenvalue weighted by atomic mass is 10.0. The molecule has 3 N–H and O–H groups in total. The predicted octanol–water partition coefficient (Wildman–Crippen LogP) is 6.63. The minimum atomic E-state index is -1.33. The zero-order valence-electron chi connectivity index (χ0n) is 21.1. The first-order valence-electron chi connectivity index (χ1n) is 11.9. The molecule has 0 fully saturated rings. The van der Waals surface area contributed by atoms with Crippen molar-refractivity contribution in [2.75, 3.05) is 5.32 Å². The van der Waals surface area contributed by atoms with Gasteiger partial charge in [-0.05, 0) is 62.7 Å². The molecule has 0 spiro atoms. The Morgan fingerprint density at radius 3 is 2.64 bits per heavy atom. The van der Waals surface area contributed by atoms with E-state index in [1.54, 1.807) is 39.0 Å². The number of carbonyl (C=O) groups excluding carboxylic acids is 1. The molecule has 1 amide bonds. The van der Waals surface area contributed by atoms with Crippen LogP contribution in [0.15, 0.2) is 64.1 Å². The van der Waals surface area contributed by atoms with Crippen LogP contribution < -0.4 is 10.9 Å². The van der Waals surface area contributed by atoms with Crippen LogP contribution in [0, 0.1) is 5.82 Å². The van der Waals surface area contributed by atoms with Gasteiger partial charge in [-0.15, -0.1) is 0 Å². The largest absolute Gasteiger partial charge is 0.477 e. The first-order chi connectivity index (χ1) is 18.4. The van der Waals surface area contributed by atoms with Crippen molar-refractivity contribution in [3.05, 3.63) is 87.4 Å². The summed E-state index contributed by atoms with van der Waals surface area (Å²) in [5.41, 5.74) is -0.0815. The molecule has 9 nitrogen and oxygen atoms in total. The number of rotatable bonds is 5. The summed E-state index contributed by atoms with van der Waals surface area (Å²) in [6, 6.07) is 10.4. The molecule has 0 saturated heterocycles. The number of furan rings is 1. The van der Waals surface area contributed by atoms with Gasteiger partial charge in [0.25, 0.3) is 5.56 Å². The fourth-order valence-electron chi connectivity index (χ4n) is 4.52. The number of benzene rings is 2. The van der Waals surface area contributed by atoms with Crippen LogP contribution in [0.4, 0.5) is 14.9 Å². The molecule has 39 heavy (non-hydrogen) atoms. The standard InChI is InChI=1S/C28H23ClFN3O6/c1-28(2,3)39-27(37)32-15-7-6-14(18(29)11-15)13-33-20-12-19(30)16-8-10-38-24(16)22(20)21(23(33)26(35)36)17-5-4-9-31-25(17)34/h4-12H,13H2,1-3H3,(H,31,34)(H,32,37)(H,35,36). The number of ether oxygens (including phenoxy) is 1. The molecule has 0 atom stereocenters. The van der Waals surface area contributed by atoms with Crippen molar-refractivity contribution < 1.29 is 28.2 Å². The monoisotopic (exact) mass is 551 g/mol. The Hall–Kier alpha value is -4.57. The molecule has 3 aromatic heterocycles. The normalized spacial score (nSPS) is 11.7. The first-order valence-corrected chi connectivity index (χ1v) is 12.2. The molecule has 0 aliphatic carbocycles. The number of aromatic nitrogens is 2. The minimum absolute atomic E-state index is 0.0833.